The number of nitrogens with zero attached hydrogens (tertiary/aromatic N) is 2. The van der Waals surface area contributed by atoms with Crippen molar-refractivity contribution >= 4 is 40.1 Å². The molecule has 3 N–H and O–H groups in total. The lowest BCUT2D eigenvalue weighted by molar-refractivity contribution is -0.140. The third kappa shape index (κ3) is 6.04. The number of hydrogen-bond donors (Lipinski definition) is 3. The average molecular weight is 590 g/mol. The van der Waals surface area contributed by atoms with Crippen molar-refractivity contribution in [3.05, 3.63) is 29.5 Å². The molecule has 43 heavy (non-hydrogen) atoms. The van der Waals surface area contributed by atoms with E-state index in [2.05, 4.69) is 28.1 Å². The maximum Gasteiger partial charge on any atom is 0.243 e. The van der Waals surface area contributed by atoms with Crippen molar-refractivity contribution in [2.24, 2.45) is 11.3 Å². The first kappa shape index (κ1) is 29.7. The highest BCUT2D eigenvalue weighted by Crippen LogP contribution is 2.59. The second kappa shape index (κ2) is 12.3. The fourth-order valence-corrected chi connectivity index (χ4v) is 8.06. The van der Waals surface area contributed by atoms with E-state index < -0.39 is 6.04 Å². The molecule has 2 aliphatic heterocycles. The number of aromatic nitrogens is 1. The minimum atomic E-state index is -0.559. The van der Waals surface area contributed by atoms with E-state index in [4.69, 9.17) is 0 Å². The molecule has 6 rings (SSSR count). The Morgan fingerprint density at radius 2 is 1.74 bits per heavy atom. The summed E-state index contributed by atoms with van der Waals surface area (Å²) < 4.78 is 1.96. The van der Waals surface area contributed by atoms with Crippen LogP contribution in [0.3, 0.4) is 0 Å². The van der Waals surface area contributed by atoms with Crippen LogP contribution < -0.4 is 16.0 Å². The Labute approximate surface area is 254 Å². The van der Waals surface area contributed by atoms with Crippen LogP contribution in [0.5, 0.6) is 0 Å². The zero-order valence-corrected chi connectivity index (χ0v) is 25.8. The number of rotatable bonds is 5. The predicted octanol–water partition coefficient (Wildman–Crippen LogP) is 4.56. The molecule has 3 amide bonds. The summed E-state index contributed by atoms with van der Waals surface area (Å²) in [5.41, 5.74) is 3.50. The van der Waals surface area contributed by atoms with E-state index in [1.165, 1.54) is 32.1 Å². The minimum Gasteiger partial charge on any atom is -0.385 e. The van der Waals surface area contributed by atoms with Gasteiger partial charge in [-0.25, -0.2) is 0 Å². The highest BCUT2D eigenvalue weighted by Gasteiger charge is 2.66. The molecule has 232 valence electrons. The maximum absolute atomic E-state index is 14.1. The Kier molecular flexibility index (Phi) is 8.51. The molecule has 3 fully saturated rings. The Morgan fingerprint density at radius 3 is 2.49 bits per heavy atom. The fourth-order valence-electron chi connectivity index (χ4n) is 8.06. The molecule has 1 aromatic heterocycles. The number of nitrogens with one attached hydrogen (secondary N) is 3. The number of Topliss-reactive ketones (excluding diaryl/α,β-unsaturated/α-hetero) is 1. The van der Waals surface area contributed by atoms with Crippen LogP contribution in [-0.4, -0.2) is 65.2 Å². The van der Waals surface area contributed by atoms with Gasteiger partial charge in [0.05, 0.1) is 5.52 Å². The molecule has 0 unspecified atom stereocenters. The van der Waals surface area contributed by atoms with Gasteiger partial charge in [-0.1, -0.05) is 32.1 Å². The van der Waals surface area contributed by atoms with E-state index in [1.54, 1.807) is 18.9 Å². The quantitative estimate of drug-likeness (QED) is 0.443. The molecule has 2 aromatic rings. The molecular weight excluding hydrogens is 542 g/mol. The van der Waals surface area contributed by atoms with Crippen molar-refractivity contribution in [1.29, 1.82) is 0 Å². The van der Waals surface area contributed by atoms with Gasteiger partial charge in [-0.05, 0) is 75.5 Å². The summed E-state index contributed by atoms with van der Waals surface area (Å²) in [5, 5.41) is 10.4. The third-order valence-corrected chi connectivity index (χ3v) is 10.5. The zero-order chi connectivity index (χ0) is 30.1. The normalized spacial score (nSPS) is 26.9. The predicted molar refractivity (Wildman–Crippen MR) is 167 cm³/mol. The van der Waals surface area contributed by atoms with E-state index in [1.807, 2.05) is 10.8 Å². The van der Waals surface area contributed by atoms with Gasteiger partial charge in [0.1, 0.15) is 12.6 Å². The molecule has 9 heteroatoms. The molecule has 2 bridgehead atoms. The van der Waals surface area contributed by atoms with E-state index in [-0.39, 0.29) is 41.5 Å². The highest BCUT2D eigenvalue weighted by molar-refractivity contribution is 6.09. The topological polar surface area (TPSA) is 113 Å². The third-order valence-electron chi connectivity index (χ3n) is 10.5. The summed E-state index contributed by atoms with van der Waals surface area (Å²) in [6.07, 6.45) is 14.8. The van der Waals surface area contributed by atoms with Gasteiger partial charge in [0.2, 0.25) is 17.7 Å². The second-order valence-electron chi connectivity index (χ2n) is 13.6. The summed E-state index contributed by atoms with van der Waals surface area (Å²) in [5.74, 6) is 0.417. The summed E-state index contributed by atoms with van der Waals surface area (Å²) in [7, 11) is 1.60. The monoisotopic (exact) mass is 589 g/mol. The van der Waals surface area contributed by atoms with Gasteiger partial charge in [0.25, 0.3) is 0 Å². The van der Waals surface area contributed by atoms with E-state index in [9.17, 15) is 19.2 Å². The van der Waals surface area contributed by atoms with E-state index >= 15 is 0 Å². The van der Waals surface area contributed by atoms with Crippen LogP contribution in [0, 0.1) is 11.3 Å². The first-order chi connectivity index (χ1) is 20.8. The summed E-state index contributed by atoms with van der Waals surface area (Å²) >= 11 is 0. The molecule has 0 radical (unpaired) electrons. The molecule has 2 saturated carbocycles. The number of carbonyl (C=O) groups excluding carboxylic acids is 4. The number of hydrogen-bond acceptors (Lipinski definition) is 5. The standard InChI is InChI=1S/C34H47N5O4/c1-22(40)27-19-38-20-31(42)39-28(33(43)35-2)16-34(17-29(34)39)21-37-30(41)13-9-4-3-8-12-24-14-25(15-26(27)32(24)38)36-18-23-10-6-5-7-11-23/h14-15,19,23,28-29,36H,3-13,16-18,20-21H2,1-2H3,(H,35,43)(H,37,41)/t28-,29+,34-/m0/s1. The van der Waals surface area contributed by atoms with Crippen molar-refractivity contribution in [1.82, 2.24) is 20.1 Å². The lowest BCUT2D eigenvalue weighted by atomic mass is 9.89. The van der Waals surface area contributed by atoms with Crippen molar-refractivity contribution in [3.63, 3.8) is 0 Å². The number of anilines is 1. The average Bonchev–Trinajstić information content (AvgIpc) is 3.42. The first-order valence-corrected chi connectivity index (χ1v) is 16.5. The Balaban J connectivity index is 1.36. The van der Waals surface area contributed by atoms with Crippen LogP contribution in [0.4, 0.5) is 5.69 Å². The lowest BCUT2D eigenvalue weighted by Crippen LogP contribution is -2.48. The number of aryl methyl sites for hydroxylation is 1. The van der Waals surface area contributed by atoms with E-state index in [0.717, 1.165) is 67.2 Å². The molecular formula is C34H47N5O4. The second-order valence-corrected chi connectivity index (χ2v) is 13.6. The number of ketones is 1. The molecule has 9 nitrogen and oxygen atoms in total. The summed E-state index contributed by atoms with van der Waals surface area (Å²) in [6, 6.07) is 3.68. The largest absolute Gasteiger partial charge is 0.385 e. The Bertz CT molecular complexity index is 1410. The van der Waals surface area contributed by atoms with Gasteiger partial charge in [0.15, 0.2) is 5.78 Å². The van der Waals surface area contributed by atoms with Crippen LogP contribution in [-0.2, 0) is 27.3 Å². The van der Waals surface area contributed by atoms with Crippen molar-refractivity contribution in [2.45, 2.75) is 109 Å². The smallest absolute Gasteiger partial charge is 0.243 e. The summed E-state index contributed by atoms with van der Waals surface area (Å²) in [4.78, 5) is 54.3. The molecule has 4 aliphatic rings. The molecule has 1 saturated heterocycles. The van der Waals surface area contributed by atoms with Gasteiger partial charge >= 0.3 is 0 Å². The van der Waals surface area contributed by atoms with Gasteiger partial charge in [-0.2, -0.15) is 0 Å². The number of amides is 3. The fraction of sp³-hybridized carbons (Fsp3) is 0.647. The molecule has 3 heterocycles. The number of carbonyl (C=O) groups is 4. The lowest BCUT2D eigenvalue weighted by Gasteiger charge is -2.27. The highest BCUT2D eigenvalue weighted by atomic mass is 16.2. The van der Waals surface area contributed by atoms with Crippen LogP contribution in [0.15, 0.2) is 18.3 Å². The Morgan fingerprint density at radius 1 is 1.00 bits per heavy atom. The number of piperidine rings is 1. The van der Waals surface area contributed by atoms with Crippen LogP contribution in [0.25, 0.3) is 10.9 Å². The van der Waals surface area contributed by atoms with Crippen LogP contribution >= 0.6 is 0 Å². The van der Waals surface area contributed by atoms with Crippen molar-refractivity contribution < 1.29 is 19.2 Å². The van der Waals surface area contributed by atoms with Crippen molar-refractivity contribution in [3.8, 4) is 0 Å². The van der Waals surface area contributed by atoms with Gasteiger partial charge in [-0.3, -0.25) is 19.2 Å². The van der Waals surface area contributed by atoms with Crippen molar-refractivity contribution in [2.75, 3.05) is 25.5 Å². The molecule has 2 aliphatic carbocycles. The Hall–Kier alpha value is -3.36. The number of likely N-dealkylation sites (N-methyl/N-ethyl adjacent to an activating group) is 1. The van der Waals surface area contributed by atoms with E-state index in [0.29, 0.717) is 30.9 Å². The first-order valence-electron chi connectivity index (χ1n) is 16.5. The maximum atomic E-state index is 14.1. The molecule has 0 spiro atoms. The zero-order valence-electron chi connectivity index (χ0n) is 25.8. The van der Waals surface area contributed by atoms with Crippen LogP contribution in [0.2, 0.25) is 0 Å². The SMILES string of the molecule is CNC(=O)[C@@H]1C[C@]23CNC(=O)CCCCCCc4cc(NCC5CCCCC5)cc5c(C(C)=O)cn(c45)CC(=O)N1[C@@H]2C3. The molecule has 3 atom stereocenters. The minimum absolute atomic E-state index is 0.0184. The summed E-state index contributed by atoms with van der Waals surface area (Å²) in [6.45, 7) is 3.09. The van der Waals surface area contributed by atoms with Gasteiger partial charge < -0.3 is 25.4 Å². The van der Waals surface area contributed by atoms with Gasteiger partial charge in [0, 0.05) is 60.8 Å². The van der Waals surface area contributed by atoms with Gasteiger partial charge in [-0.15, -0.1) is 0 Å². The number of benzene rings is 1. The molecule has 1 aromatic carbocycles. The van der Waals surface area contributed by atoms with Crippen LogP contribution in [0.1, 0.15) is 99.9 Å².